The first-order chi connectivity index (χ1) is 10.3. The van der Waals surface area contributed by atoms with Crippen LogP contribution in [0.4, 0.5) is 0 Å². The lowest BCUT2D eigenvalue weighted by Gasteiger charge is -2.07. The minimum atomic E-state index is 0.515. The Morgan fingerprint density at radius 2 is 1.90 bits per heavy atom. The summed E-state index contributed by atoms with van der Waals surface area (Å²) >= 11 is 0. The molecule has 0 aliphatic heterocycles. The largest absolute Gasteiger partial charge is 0.437 e. The summed E-state index contributed by atoms with van der Waals surface area (Å²) in [5.74, 6) is 1.28. The molecule has 1 heterocycles. The Kier molecular flexibility index (Phi) is 4.07. The second-order valence-electron chi connectivity index (χ2n) is 4.74. The Bertz CT molecular complexity index is 743. The van der Waals surface area contributed by atoms with Crippen LogP contribution in [0.5, 0.6) is 11.6 Å². The van der Waals surface area contributed by atoms with Crippen LogP contribution in [0, 0.1) is 0 Å². The van der Waals surface area contributed by atoms with Crippen molar-refractivity contribution < 1.29 is 4.74 Å². The molecule has 0 unspecified atom stereocenters. The van der Waals surface area contributed by atoms with Crippen LogP contribution in [0.2, 0.25) is 0 Å². The summed E-state index contributed by atoms with van der Waals surface area (Å²) in [5, 5.41) is 5.56. The van der Waals surface area contributed by atoms with Crippen LogP contribution in [-0.4, -0.2) is 16.5 Å². The summed E-state index contributed by atoms with van der Waals surface area (Å²) in [6, 6.07) is 14.2. The number of hydrogen-bond donors (Lipinski definition) is 1. The highest BCUT2D eigenvalue weighted by atomic mass is 16.5. The number of hydrogen-bond acceptors (Lipinski definition) is 4. The van der Waals surface area contributed by atoms with Crippen LogP contribution in [-0.2, 0) is 6.54 Å². The summed E-state index contributed by atoms with van der Waals surface area (Å²) in [6.07, 6.45) is 3.38. The fraction of sp³-hybridized carbons (Fsp3) is 0.176. The lowest BCUT2D eigenvalue weighted by Crippen LogP contribution is -2.13. The van der Waals surface area contributed by atoms with E-state index in [-0.39, 0.29) is 0 Å². The van der Waals surface area contributed by atoms with Crippen molar-refractivity contribution in [2.75, 3.05) is 6.54 Å². The molecule has 3 aromatic rings. The number of rotatable bonds is 5. The van der Waals surface area contributed by atoms with Crippen molar-refractivity contribution in [3.8, 4) is 11.6 Å². The van der Waals surface area contributed by atoms with Gasteiger partial charge in [-0.3, -0.25) is 4.98 Å². The minimum absolute atomic E-state index is 0.515. The van der Waals surface area contributed by atoms with Gasteiger partial charge in [-0.15, -0.1) is 0 Å². The molecule has 21 heavy (non-hydrogen) atoms. The lowest BCUT2D eigenvalue weighted by atomic mass is 10.1. The third kappa shape index (κ3) is 3.35. The molecule has 0 radical (unpaired) electrons. The van der Waals surface area contributed by atoms with Crippen LogP contribution < -0.4 is 10.1 Å². The second kappa shape index (κ2) is 6.33. The number of benzene rings is 2. The van der Waals surface area contributed by atoms with E-state index < -0.39 is 0 Å². The molecule has 4 heteroatoms. The van der Waals surface area contributed by atoms with Crippen molar-refractivity contribution in [3.63, 3.8) is 0 Å². The molecule has 2 aromatic carbocycles. The predicted octanol–water partition coefficient (Wildman–Crippen LogP) is 3.53. The molecule has 0 bridgehead atoms. The summed E-state index contributed by atoms with van der Waals surface area (Å²) in [5.41, 5.74) is 0.870. The monoisotopic (exact) mass is 279 g/mol. The zero-order valence-corrected chi connectivity index (χ0v) is 11.9. The SMILES string of the molecule is CCNCc1cncc(Oc2ccc3ccccc3c2)n1. The highest BCUT2D eigenvalue weighted by Gasteiger charge is 2.02. The predicted molar refractivity (Wildman–Crippen MR) is 83.4 cm³/mol. The van der Waals surface area contributed by atoms with E-state index in [9.17, 15) is 0 Å². The smallest absolute Gasteiger partial charge is 0.238 e. The number of nitrogens with zero attached hydrogens (tertiary/aromatic N) is 2. The molecular formula is C17H17N3O. The average molecular weight is 279 g/mol. The molecule has 0 aliphatic carbocycles. The van der Waals surface area contributed by atoms with Gasteiger partial charge < -0.3 is 10.1 Å². The third-order valence-electron chi connectivity index (χ3n) is 3.16. The van der Waals surface area contributed by atoms with Crippen LogP contribution in [0.3, 0.4) is 0 Å². The maximum Gasteiger partial charge on any atom is 0.238 e. The number of aromatic nitrogens is 2. The van der Waals surface area contributed by atoms with Crippen molar-refractivity contribution in [2.45, 2.75) is 13.5 Å². The summed E-state index contributed by atoms with van der Waals surface area (Å²) in [6.45, 7) is 3.65. The molecule has 0 spiro atoms. The Hall–Kier alpha value is -2.46. The molecule has 0 aliphatic rings. The third-order valence-corrected chi connectivity index (χ3v) is 3.16. The van der Waals surface area contributed by atoms with Crippen LogP contribution in [0.15, 0.2) is 54.9 Å². The molecule has 3 rings (SSSR count). The van der Waals surface area contributed by atoms with Gasteiger partial charge in [-0.1, -0.05) is 37.3 Å². The first kappa shape index (κ1) is 13.5. The Balaban J connectivity index is 1.81. The molecule has 0 fully saturated rings. The van der Waals surface area contributed by atoms with Gasteiger partial charge in [0.2, 0.25) is 5.88 Å². The summed E-state index contributed by atoms with van der Waals surface area (Å²) < 4.78 is 5.81. The maximum atomic E-state index is 5.81. The van der Waals surface area contributed by atoms with Gasteiger partial charge in [-0.25, -0.2) is 4.98 Å². The number of ether oxygens (including phenoxy) is 1. The van der Waals surface area contributed by atoms with E-state index in [2.05, 4.69) is 34.3 Å². The second-order valence-corrected chi connectivity index (χ2v) is 4.74. The normalized spacial score (nSPS) is 10.7. The Morgan fingerprint density at radius 1 is 1.05 bits per heavy atom. The van der Waals surface area contributed by atoms with Crippen molar-refractivity contribution in [3.05, 3.63) is 60.6 Å². The van der Waals surface area contributed by atoms with Crippen molar-refractivity contribution >= 4 is 10.8 Å². The zero-order chi connectivity index (χ0) is 14.5. The lowest BCUT2D eigenvalue weighted by molar-refractivity contribution is 0.457. The Labute approximate surface area is 123 Å². The molecule has 1 N–H and O–H groups in total. The van der Waals surface area contributed by atoms with Crippen molar-refractivity contribution in [1.82, 2.24) is 15.3 Å². The van der Waals surface area contributed by atoms with E-state index in [0.29, 0.717) is 12.4 Å². The van der Waals surface area contributed by atoms with Gasteiger partial charge in [0.25, 0.3) is 0 Å². The van der Waals surface area contributed by atoms with Gasteiger partial charge in [-0.2, -0.15) is 0 Å². The summed E-state index contributed by atoms with van der Waals surface area (Å²) in [4.78, 5) is 8.61. The highest BCUT2D eigenvalue weighted by Crippen LogP contribution is 2.24. The van der Waals surface area contributed by atoms with E-state index in [4.69, 9.17) is 4.74 Å². The molecule has 0 saturated heterocycles. The zero-order valence-electron chi connectivity index (χ0n) is 11.9. The first-order valence-corrected chi connectivity index (χ1v) is 7.03. The fourth-order valence-electron chi connectivity index (χ4n) is 2.13. The fourth-order valence-corrected chi connectivity index (χ4v) is 2.13. The van der Waals surface area contributed by atoms with Gasteiger partial charge in [0.1, 0.15) is 5.75 Å². The van der Waals surface area contributed by atoms with Gasteiger partial charge in [0.15, 0.2) is 0 Å². The minimum Gasteiger partial charge on any atom is -0.437 e. The van der Waals surface area contributed by atoms with Gasteiger partial charge in [0, 0.05) is 12.7 Å². The van der Waals surface area contributed by atoms with E-state index in [1.54, 1.807) is 12.4 Å². The molecule has 0 saturated carbocycles. The molecular weight excluding hydrogens is 262 g/mol. The first-order valence-electron chi connectivity index (χ1n) is 7.03. The van der Waals surface area contributed by atoms with Crippen molar-refractivity contribution in [1.29, 1.82) is 0 Å². The molecule has 4 nitrogen and oxygen atoms in total. The maximum absolute atomic E-state index is 5.81. The number of nitrogens with one attached hydrogen (secondary N) is 1. The van der Waals surface area contributed by atoms with E-state index in [0.717, 1.165) is 23.4 Å². The van der Waals surface area contributed by atoms with E-state index in [1.165, 1.54) is 5.39 Å². The van der Waals surface area contributed by atoms with Crippen LogP contribution in [0.1, 0.15) is 12.6 Å². The van der Waals surface area contributed by atoms with Gasteiger partial charge in [0.05, 0.1) is 11.9 Å². The molecule has 106 valence electrons. The Morgan fingerprint density at radius 3 is 2.76 bits per heavy atom. The topological polar surface area (TPSA) is 47.0 Å². The molecule has 0 amide bonds. The van der Waals surface area contributed by atoms with E-state index in [1.807, 2.05) is 30.3 Å². The standard InChI is InChI=1S/C17H17N3O/c1-2-18-10-15-11-19-12-17(20-15)21-16-8-7-13-5-3-4-6-14(13)9-16/h3-9,11-12,18H,2,10H2,1H3. The molecule has 0 atom stereocenters. The van der Waals surface area contributed by atoms with Gasteiger partial charge >= 0.3 is 0 Å². The number of fused-ring (bicyclic) bond motifs is 1. The quantitative estimate of drug-likeness (QED) is 0.776. The molecule has 1 aromatic heterocycles. The van der Waals surface area contributed by atoms with Gasteiger partial charge in [-0.05, 0) is 29.4 Å². The summed E-state index contributed by atoms with van der Waals surface area (Å²) in [7, 11) is 0. The highest BCUT2D eigenvalue weighted by molar-refractivity contribution is 5.83. The van der Waals surface area contributed by atoms with Crippen LogP contribution in [0.25, 0.3) is 10.8 Å². The van der Waals surface area contributed by atoms with E-state index >= 15 is 0 Å². The van der Waals surface area contributed by atoms with Crippen LogP contribution >= 0.6 is 0 Å². The van der Waals surface area contributed by atoms with Crippen molar-refractivity contribution in [2.24, 2.45) is 0 Å². The average Bonchev–Trinajstić information content (AvgIpc) is 2.53.